The Bertz CT molecular complexity index is 962. The Balaban J connectivity index is 1.29. The van der Waals surface area contributed by atoms with Crippen LogP contribution < -0.4 is 11.2 Å². The molecule has 2 N–H and O–H groups in total. The van der Waals surface area contributed by atoms with Gasteiger partial charge in [-0.1, -0.05) is 0 Å². The van der Waals surface area contributed by atoms with Crippen LogP contribution in [0.15, 0.2) is 32.5 Å². The Morgan fingerprint density at radius 1 is 1.10 bits per heavy atom. The quantitative estimate of drug-likeness (QED) is 0.760. The molecule has 1 atom stereocenters. The van der Waals surface area contributed by atoms with Gasteiger partial charge in [-0.3, -0.25) is 19.4 Å². The number of aromatic amines is 2. The van der Waals surface area contributed by atoms with E-state index in [0.717, 1.165) is 38.4 Å². The zero-order chi connectivity index (χ0) is 20.4. The van der Waals surface area contributed by atoms with Gasteiger partial charge >= 0.3 is 5.69 Å². The molecule has 2 aromatic rings. The van der Waals surface area contributed by atoms with Crippen molar-refractivity contribution in [2.75, 3.05) is 26.2 Å². The number of hydrogen-bond donors (Lipinski definition) is 2. The first-order chi connectivity index (χ1) is 14.0. The average molecular weight is 417 g/mol. The highest BCUT2D eigenvalue weighted by Gasteiger charge is 2.39. The highest BCUT2D eigenvalue weighted by Crippen LogP contribution is 2.31. The summed E-state index contributed by atoms with van der Waals surface area (Å²) in [6, 6.07) is 3.18. The van der Waals surface area contributed by atoms with Gasteiger partial charge in [-0.25, -0.2) is 4.79 Å². The van der Waals surface area contributed by atoms with Gasteiger partial charge in [0, 0.05) is 38.7 Å². The van der Waals surface area contributed by atoms with Crippen LogP contribution in [-0.4, -0.2) is 57.8 Å². The van der Waals surface area contributed by atoms with Gasteiger partial charge in [0.25, 0.3) is 11.5 Å². The molecule has 0 spiro atoms. The van der Waals surface area contributed by atoms with E-state index < -0.39 is 11.2 Å². The Hall–Kier alpha value is -2.68. The van der Waals surface area contributed by atoms with Gasteiger partial charge in [0.2, 0.25) is 5.91 Å². The molecule has 1 unspecified atom stereocenters. The predicted octanol–water partition coefficient (Wildman–Crippen LogP) is 1.07. The van der Waals surface area contributed by atoms with E-state index in [9.17, 15) is 19.2 Å². The maximum absolute atomic E-state index is 12.6. The number of aromatic nitrogens is 2. The zero-order valence-electron chi connectivity index (χ0n) is 16.1. The fourth-order valence-electron chi connectivity index (χ4n) is 4.20. The predicted molar refractivity (Wildman–Crippen MR) is 109 cm³/mol. The molecule has 29 heavy (non-hydrogen) atoms. The maximum atomic E-state index is 12.6. The molecule has 0 aliphatic carbocycles. The molecule has 2 amide bonds. The maximum Gasteiger partial charge on any atom is 0.326 e. The summed E-state index contributed by atoms with van der Waals surface area (Å²) in [6.07, 6.45) is 3.36. The number of likely N-dealkylation sites (tertiary alicyclic amines) is 2. The second-order valence-electron chi connectivity index (χ2n) is 7.85. The van der Waals surface area contributed by atoms with Crippen molar-refractivity contribution in [1.82, 2.24) is 19.8 Å². The van der Waals surface area contributed by atoms with Crippen molar-refractivity contribution in [3.05, 3.63) is 55.0 Å². The van der Waals surface area contributed by atoms with Crippen LogP contribution in [0.3, 0.4) is 0 Å². The van der Waals surface area contributed by atoms with Crippen molar-refractivity contribution in [3.8, 4) is 0 Å². The second-order valence-corrected chi connectivity index (χ2v) is 8.63. The number of nitrogens with one attached hydrogen (secondary N) is 2. The number of piperidine rings is 1. The molecule has 2 saturated heterocycles. The van der Waals surface area contributed by atoms with Crippen LogP contribution in [-0.2, 0) is 11.2 Å². The minimum atomic E-state index is -0.679. The monoisotopic (exact) mass is 416 g/mol. The third kappa shape index (κ3) is 4.50. The van der Waals surface area contributed by atoms with E-state index in [-0.39, 0.29) is 17.5 Å². The number of carbonyl (C=O) groups excluding carboxylic acids is 2. The number of aryl methyl sites for hydroxylation is 1. The van der Waals surface area contributed by atoms with Crippen LogP contribution in [0.1, 0.15) is 35.3 Å². The molecule has 0 saturated carbocycles. The molecule has 0 aromatic carbocycles. The standard InChI is InChI=1S/C20H24N4O4S/c25-17-8-16(21-20(28)22-17)19(27)24-10-15(11-24)14-2-1-6-23(9-14)18(26)4-3-13-5-7-29-12-13/h5,7-8,12,14-15H,1-4,6,9-11H2,(H2,21,22,25,28). The fraction of sp³-hybridized carbons (Fsp3) is 0.500. The molecule has 8 nitrogen and oxygen atoms in total. The van der Waals surface area contributed by atoms with Crippen LogP contribution in [0, 0.1) is 11.8 Å². The molecular weight excluding hydrogens is 392 g/mol. The number of hydrogen-bond acceptors (Lipinski definition) is 5. The van der Waals surface area contributed by atoms with E-state index in [1.54, 1.807) is 16.2 Å². The van der Waals surface area contributed by atoms with Gasteiger partial charge in [-0.05, 0) is 53.5 Å². The summed E-state index contributed by atoms with van der Waals surface area (Å²) in [5.41, 5.74) is -0.0335. The Morgan fingerprint density at radius 3 is 2.62 bits per heavy atom. The molecule has 4 heterocycles. The molecule has 154 valence electrons. The van der Waals surface area contributed by atoms with Gasteiger partial charge in [0.15, 0.2) is 0 Å². The number of thiophene rings is 1. The Kier molecular flexibility index (Phi) is 5.66. The van der Waals surface area contributed by atoms with Crippen molar-refractivity contribution < 1.29 is 9.59 Å². The van der Waals surface area contributed by atoms with Crippen molar-refractivity contribution in [2.45, 2.75) is 25.7 Å². The molecule has 2 fully saturated rings. The van der Waals surface area contributed by atoms with Crippen LogP contribution in [0.4, 0.5) is 0 Å². The minimum absolute atomic E-state index is 0.0195. The largest absolute Gasteiger partial charge is 0.342 e. The smallest absolute Gasteiger partial charge is 0.326 e. The third-order valence-electron chi connectivity index (χ3n) is 5.87. The summed E-state index contributed by atoms with van der Waals surface area (Å²) < 4.78 is 0. The van der Waals surface area contributed by atoms with Gasteiger partial charge < -0.3 is 14.8 Å². The van der Waals surface area contributed by atoms with Crippen LogP contribution in [0.2, 0.25) is 0 Å². The summed E-state index contributed by atoms with van der Waals surface area (Å²) in [6.45, 7) is 2.74. The van der Waals surface area contributed by atoms with Crippen LogP contribution in [0.5, 0.6) is 0 Å². The summed E-state index contributed by atoms with van der Waals surface area (Å²) >= 11 is 1.65. The van der Waals surface area contributed by atoms with Gasteiger partial charge in [0.05, 0.1) is 0 Å². The number of H-pyrrole nitrogens is 2. The molecule has 2 aromatic heterocycles. The van der Waals surface area contributed by atoms with Gasteiger partial charge in [-0.15, -0.1) is 0 Å². The second kappa shape index (κ2) is 8.36. The molecule has 0 bridgehead atoms. The Morgan fingerprint density at radius 2 is 1.90 bits per heavy atom. The van der Waals surface area contributed by atoms with E-state index in [0.29, 0.717) is 31.3 Å². The van der Waals surface area contributed by atoms with E-state index in [1.165, 1.54) is 5.56 Å². The average Bonchev–Trinajstić information content (AvgIpc) is 3.18. The SMILES string of the molecule is O=C(CCc1ccsc1)N1CCCC(C2CN(C(=O)c3cc(=O)[nH]c(=O)[nH]3)C2)C1. The van der Waals surface area contributed by atoms with Crippen LogP contribution >= 0.6 is 11.3 Å². The lowest BCUT2D eigenvalue weighted by atomic mass is 9.80. The summed E-state index contributed by atoms with van der Waals surface area (Å²) in [5.74, 6) is 0.606. The normalized spacial score (nSPS) is 19.8. The van der Waals surface area contributed by atoms with E-state index in [1.807, 2.05) is 10.3 Å². The number of rotatable bonds is 5. The first-order valence-corrected chi connectivity index (χ1v) is 10.9. The lowest BCUT2D eigenvalue weighted by Crippen LogP contribution is -2.56. The van der Waals surface area contributed by atoms with E-state index >= 15 is 0 Å². The minimum Gasteiger partial charge on any atom is -0.342 e. The van der Waals surface area contributed by atoms with Gasteiger partial charge in [-0.2, -0.15) is 11.3 Å². The highest BCUT2D eigenvalue weighted by atomic mass is 32.1. The lowest BCUT2D eigenvalue weighted by molar-refractivity contribution is -0.134. The summed E-state index contributed by atoms with van der Waals surface area (Å²) in [7, 11) is 0. The highest BCUT2D eigenvalue weighted by molar-refractivity contribution is 7.07. The summed E-state index contributed by atoms with van der Waals surface area (Å²) in [5, 5.41) is 4.11. The molecule has 9 heteroatoms. The molecule has 2 aliphatic heterocycles. The topological polar surface area (TPSA) is 106 Å². The number of carbonyl (C=O) groups is 2. The summed E-state index contributed by atoms with van der Waals surface area (Å²) in [4.78, 5) is 55.9. The Labute approximate surface area is 171 Å². The number of amides is 2. The van der Waals surface area contributed by atoms with Crippen molar-refractivity contribution >= 4 is 23.2 Å². The van der Waals surface area contributed by atoms with E-state index in [2.05, 4.69) is 21.4 Å². The number of nitrogens with zero attached hydrogens (tertiary/aromatic N) is 2. The zero-order valence-corrected chi connectivity index (χ0v) is 16.9. The first-order valence-electron chi connectivity index (χ1n) is 9.91. The molecule has 2 aliphatic rings. The van der Waals surface area contributed by atoms with Crippen molar-refractivity contribution in [1.29, 1.82) is 0 Å². The molecule has 4 rings (SSSR count). The lowest BCUT2D eigenvalue weighted by Gasteiger charge is -2.46. The van der Waals surface area contributed by atoms with Crippen molar-refractivity contribution in [3.63, 3.8) is 0 Å². The van der Waals surface area contributed by atoms with Crippen LogP contribution in [0.25, 0.3) is 0 Å². The molecule has 0 radical (unpaired) electrons. The van der Waals surface area contributed by atoms with Gasteiger partial charge in [0.1, 0.15) is 5.69 Å². The third-order valence-corrected chi connectivity index (χ3v) is 6.60. The molecular formula is C20H24N4O4S. The fourth-order valence-corrected chi connectivity index (χ4v) is 4.90. The van der Waals surface area contributed by atoms with Crippen molar-refractivity contribution in [2.24, 2.45) is 11.8 Å². The first kappa shape index (κ1) is 19.6. The van der Waals surface area contributed by atoms with E-state index in [4.69, 9.17) is 0 Å².